The van der Waals surface area contributed by atoms with Crippen LogP contribution < -0.4 is 4.74 Å². The summed E-state index contributed by atoms with van der Waals surface area (Å²) in [7, 11) is 1.62. The smallest absolute Gasteiger partial charge is 0.126 e. The molecule has 0 aromatic heterocycles. The fraction of sp³-hybridized carbons (Fsp3) is 0.571. The first kappa shape index (κ1) is 14.9. The minimum Gasteiger partial charge on any atom is -0.496 e. The van der Waals surface area contributed by atoms with E-state index in [2.05, 4.69) is 0 Å². The fourth-order valence-corrected chi connectivity index (χ4v) is 1.51. The summed E-state index contributed by atoms with van der Waals surface area (Å²) in [5.74, 6) is 0.945. The Morgan fingerprint density at radius 2 is 1.81 bits per heavy atom. The van der Waals surface area contributed by atoms with Crippen molar-refractivity contribution in [2.24, 2.45) is 0 Å². The predicted octanol–water partition coefficient (Wildman–Crippen LogP) is 4.55. The van der Waals surface area contributed by atoms with Crippen molar-refractivity contribution >= 4 is 0 Å². The Morgan fingerprint density at radius 1 is 1.25 bits per heavy atom. The van der Waals surface area contributed by atoms with Gasteiger partial charge < -0.3 is 4.74 Å². The highest BCUT2D eigenvalue weighted by Crippen LogP contribution is 2.29. The normalized spacial score (nSPS) is 9.75. The highest BCUT2D eigenvalue weighted by atomic mass is 19.1. The van der Waals surface area contributed by atoms with Crippen molar-refractivity contribution in [3.05, 3.63) is 29.1 Å². The first-order valence-corrected chi connectivity index (χ1v) is 5.96. The quantitative estimate of drug-likeness (QED) is 0.735. The van der Waals surface area contributed by atoms with E-state index >= 15 is 0 Å². The molecule has 1 nitrogen and oxygen atoms in total. The maximum Gasteiger partial charge on any atom is 0.126 e. The van der Waals surface area contributed by atoms with Crippen LogP contribution in [0.1, 0.15) is 51.7 Å². The molecule has 0 bridgehead atoms. The lowest BCUT2D eigenvalue weighted by Gasteiger charge is -2.13. The molecule has 0 aliphatic rings. The van der Waals surface area contributed by atoms with Crippen molar-refractivity contribution in [3.8, 4) is 5.75 Å². The lowest BCUT2D eigenvalue weighted by Crippen LogP contribution is -1.98. The topological polar surface area (TPSA) is 9.23 Å². The van der Waals surface area contributed by atoms with Gasteiger partial charge in [-0.2, -0.15) is 0 Å². The maximum atomic E-state index is 13.5. The van der Waals surface area contributed by atoms with Crippen molar-refractivity contribution < 1.29 is 9.13 Å². The maximum absolute atomic E-state index is 13.5. The number of ether oxygens (including phenoxy) is 1. The van der Waals surface area contributed by atoms with Crippen molar-refractivity contribution in [1.29, 1.82) is 0 Å². The molecule has 2 heteroatoms. The summed E-state index contributed by atoms with van der Waals surface area (Å²) in [5.41, 5.74) is 1.65. The Morgan fingerprint density at radius 3 is 2.19 bits per heavy atom. The summed E-state index contributed by atoms with van der Waals surface area (Å²) in [4.78, 5) is 0. The molecule has 1 aromatic rings. The number of methoxy groups -OCH3 is 1. The molecule has 0 amide bonds. The number of halogens is 1. The summed E-state index contributed by atoms with van der Waals surface area (Å²) in [6.45, 7) is 10.00. The average molecular weight is 226 g/mol. The van der Waals surface area contributed by atoms with Gasteiger partial charge in [-0.25, -0.2) is 4.39 Å². The Hall–Kier alpha value is -1.05. The lowest BCUT2D eigenvalue weighted by atomic mass is 9.99. The SMILES string of the molecule is CC.CCc1cc(OC)c(C(C)C)cc1F. The van der Waals surface area contributed by atoms with E-state index in [1.165, 1.54) is 0 Å². The number of rotatable bonds is 3. The number of aryl methyl sites for hydroxylation is 1. The Balaban J connectivity index is 0.00000106. The molecule has 0 atom stereocenters. The van der Waals surface area contributed by atoms with Crippen LogP contribution in [0, 0.1) is 5.82 Å². The summed E-state index contributed by atoms with van der Waals surface area (Å²) in [5, 5.41) is 0. The van der Waals surface area contributed by atoms with Crippen LogP contribution in [-0.4, -0.2) is 7.11 Å². The van der Waals surface area contributed by atoms with Gasteiger partial charge in [-0.15, -0.1) is 0 Å². The molecule has 0 unspecified atom stereocenters. The molecular weight excluding hydrogens is 203 g/mol. The molecule has 0 saturated carbocycles. The van der Waals surface area contributed by atoms with Gasteiger partial charge in [0.1, 0.15) is 11.6 Å². The van der Waals surface area contributed by atoms with E-state index in [9.17, 15) is 4.39 Å². The minimum atomic E-state index is -0.128. The van der Waals surface area contributed by atoms with Gasteiger partial charge in [-0.05, 0) is 35.6 Å². The zero-order valence-corrected chi connectivity index (χ0v) is 11.2. The molecule has 0 heterocycles. The minimum absolute atomic E-state index is 0.128. The predicted molar refractivity (Wildman–Crippen MR) is 67.8 cm³/mol. The third-order valence-corrected chi connectivity index (χ3v) is 2.40. The van der Waals surface area contributed by atoms with E-state index in [4.69, 9.17) is 4.74 Å². The first-order chi connectivity index (χ1) is 7.60. The zero-order chi connectivity index (χ0) is 12.7. The van der Waals surface area contributed by atoms with Gasteiger partial charge in [0.25, 0.3) is 0 Å². The second-order valence-corrected chi connectivity index (χ2v) is 3.69. The van der Waals surface area contributed by atoms with Crippen LogP contribution in [-0.2, 0) is 6.42 Å². The highest BCUT2D eigenvalue weighted by molar-refractivity contribution is 5.40. The van der Waals surface area contributed by atoms with Crippen LogP contribution in [0.5, 0.6) is 5.75 Å². The molecule has 16 heavy (non-hydrogen) atoms. The van der Waals surface area contributed by atoms with Gasteiger partial charge in [0.05, 0.1) is 7.11 Å². The zero-order valence-electron chi connectivity index (χ0n) is 11.2. The van der Waals surface area contributed by atoms with Crippen molar-refractivity contribution in [2.75, 3.05) is 7.11 Å². The Kier molecular flexibility index (Phi) is 6.78. The third-order valence-electron chi connectivity index (χ3n) is 2.40. The molecule has 0 spiro atoms. The molecule has 0 radical (unpaired) electrons. The van der Waals surface area contributed by atoms with Crippen molar-refractivity contribution in [2.45, 2.75) is 47.0 Å². The number of benzene rings is 1. The molecule has 0 N–H and O–H groups in total. The highest BCUT2D eigenvalue weighted by Gasteiger charge is 2.11. The van der Waals surface area contributed by atoms with Gasteiger partial charge in [-0.3, -0.25) is 0 Å². The van der Waals surface area contributed by atoms with Gasteiger partial charge in [-0.1, -0.05) is 34.6 Å². The summed E-state index contributed by atoms with van der Waals surface area (Å²) >= 11 is 0. The summed E-state index contributed by atoms with van der Waals surface area (Å²) < 4.78 is 18.7. The second-order valence-electron chi connectivity index (χ2n) is 3.69. The van der Waals surface area contributed by atoms with Crippen LogP contribution in [0.3, 0.4) is 0 Å². The largest absolute Gasteiger partial charge is 0.496 e. The van der Waals surface area contributed by atoms with E-state index in [0.717, 1.165) is 11.3 Å². The molecular formula is C14H23FO. The molecule has 1 rings (SSSR count). The van der Waals surface area contributed by atoms with E-state index in [-0.39, 0.29) is 11.7 Å². The van der Waals surface area contributed by atoms with Gasteiger partial charge in [0, 0.05) is 0 Å². The van der Waals surface area contributed by atoms with E-state index < -0.39 is 0 Å². The second kappa shape index (κ2) is 7.26. The molecule has 0 saturated heterocycles. The van der Waals surface area contributed by atoms with Gasteiger partial charge in [0.15, 0.2) is 0 Å². The Bertz CT molecular complexity index is 319. The lowest BCUT2D eigenvalue weighted by molar-refractivity contribution is 0.405. The number of hydrogen-bond donors (Lipinski definition) is 0. The van der Waals surface area contributed by atoms with Crippen LogP contribution in [0.4, 0.5) is 4.39 Å². The van der Waals surface area contributed by atoms with Crippen LogP contribution >= 0.6 is 0 Å². The van der Waals surface area contributed by atoms with Crippen LogP contribution in [0.15, 0.2) is 12.1 Å². The van der Waals surface area contributed by atoms with Crippen molar-refractivity contribution in [1.82, 2.24) is 0 Å². The molecule has 92 valence electrons. The van der Waals surface area contributed by atoms with Gasteiger partial charge >= 0.3 is 0 Å². The summed E-state index contributed by atoms with van der Waals surface area (Å²) in [6.07, 6.45) is 0.695. The summed E-state index contributed by atoms with van der Waals surface area (Å²) in [6, 6.07) is 3.38. The average Bonchev–Trinajstić information content (AvgIpc) is 2.31. The monoisotopic (exact) mass is 226 g/mol. The molecule has 0 aliphatic heterocycles. The third kappa shape index (κ3) is 3.51. The van der Waals surface area contributed by atoms with E-state index in [0.29, 0.717) is 12.0 Å². The van der Waals surface area contributed by atoms with E-state index in [1.807, 2.05) is 34.6 Å². The standard InChI is InChI=1S/C12H17FO.C2H6/c1-5-9-6-12(14-4)10(8(2)3)7-11(9)13;1-2/h6-8H,5H2,1-4H3;1-2H3. The van der Waals surface area contributed by atoms with Crippen LogP contribution in [0.2, 0.25) is 0 Å². The molecule has 1 aromatic carbocycles. The molecule has 0 fully saturated rings. The fourth-order valence-electron chi connectivity index (χ4n) is 1.51. The Labute approximate surface area is 98.6 Å². The van der Waals surface area contributed by atoms with Crippen LogP contribution in [0.25, 0.3) is 0 Å². The molecule has 0 aliphatic carbocycles. The number of hydrogen-bond acceptors (Lipinski definition) is 1. The van der Waals surface area contributed by atoms with Gasteiger partial charge in [0.2, 0.25) is 0 Å². The van der Waals surface area contributed by atoms with E-state index in [1.54, 1.807) is 19.2 Å². The first-order valence-electron chi connectivity index (χ1n) is 5.96. The van der Waals surface area contributed by atoms with Crippen molar-refractivity contribution in [3.63, 3.8) is 0 Å².